The summed E-state index contributed by atoms with van der Waals surface area (Å²) in [6.45, 7) is 19.8. The molecule has 0 radical (unpaired) electrons. The number of piperidine rings is 1. The molecule has 7 atom stereocenters. The minimum absolute atomic E-state index is 0.110. The molecular weight excluding hydrogens is 1730 g/mol. The molecule has 2 N–H and O–H groups in total. The molecule has 710 valence electrons. The first-order valence-electron chi connectivity index (χ1n) is 48.0. The molecule has 4 amide bonds. The Morgan fingerprint density at radius 2 is 0.809 bits per heavy atom. The van der Waals surface area contributed by atoms with Gasteiger partial charge in [-0.3, -0.25) is 24.0 Å². The molecule has 0 bridgehead atoms. The van der Waals surface area contributed by atoms with Crippen LogP contribution in [0.4, 0.5) is 34.5 Å². The third kappa shape index (κ3) is 22.0. The summed E-state index contributed by atoms with van der Waals surface area (Å²) in [4.78, 5) is 118. The van der Waals surface area contributed by atoms with Crippen LogP contribution in [0.15, 0.2) is 146 Å². The number of carbonyl (C=O) groups is 5. The van der Waals surface area contributed by atoms with Crippen molar-refractivity contribution in [2.45, 2.75) is 154 Å². The fraction of sp³-hybridized carbons (Fsp3) is 0.467. The molecular formula is C105H125ClN22O8. The van der Waals surface area contributed by atoms with Gasteiger partial charge in [-0.05, 0) is 189 Å². The van der Waals surface area contributed by atoms with E-state index in [9.17, 15) is 39.8 Å². The largest absolute Gasteiger partial charge is 0.462 e. The van der Waals surface area contributed by atoms with Crippen LogP contribution in [0.3, 0.4) is 0 Å². The van der Waals surface area contributed by atoms with E-state index in [2.05, 4.69) is 213 Å². The van der Waals surface area contributed by atoms with E-state index >= 15 is 0 Å². The number of fused-ring (bicyclic) bond motifs is 6. The average molecular weight is 1860 g/mol. The number of allylic oxidation sites excluding steroid dienone is 2. The van der Waals surface area contributed by atoms with Crippen LogP contribution >= 0.6 is 11.6 Å². The first-order valence-corrected chi connectivity index (χ1v) is 48.5. The molecule has 3 aromatic heterocycles. The number of anilines is 6. The summed E-state index contributed by atoms with van der Waals surface area (Å²) in [7, 11) is 9.68. The van der Waals surface area contributed by atoms with Gasteiger partial charge in [0, 0.05) is 197 Å². The fourth-order valence-corrected chi connectivity index (χ4v) is 21.3. The number of carbonyl (C=O) groups excluding carboxylic acids is 5. The van der Waals surface area contributed by atoms with Crippen LogP contribution in [0.25, 0.3) is 32.3 Å². The zero-order chi connectivity index (χ0) is 95.2. The molecule has 0 saturated carbocycles. The predicted octanol–water partition coefficient (Wildman–Crippen LogP) is 12.2. The van der Waals surface area contributed by atoms with E-state index in [1.807, 2.05) is 0 Å². The monoisotopic (exact) mass is 1860 g/mol. The molecule has 30 nitrogen and oxygen atoms in total. The minimum Gasteiger partial charge on any atom is -0.462 e. The lowest BCUT2D eigenvalue weighted by molar-refractivity contribution is -0.129. The van der Waals surface area contributed by atoms with Gasteiger partial charge >= 0.3 is 18.0 Å². The number of alkyl halides is 1. The van der Waals surface area contributed by atoms with Crippen LogP contribution in [-0.2, 0) is 62.9 Å². The number of nitriles is 3. The summed E-state index contributed by atoms with van der Waals surface area (Å²) >= 11 is 5.78. The number of piperazine rings is 2. The van der Waals surface area contributed by atoms with Crippen LogP contribution in [-0.4, -0.2) is 271 Å². The zero-order valence-electron chi connectivity index (χ0n) is 79.6. The summed E-state index contributed by atoms with van der Waals surface area (Å²) in [6, 6.07) is 47.1. The van der Waals surface area contributed by atoms with Gasteiger partial charge in [-0.15, -0.1) is 11.6 Å². The molecule has 18 rings (SSSR count). The fourth-order valence-electron chi connectivity index (χ4n) is 21.2. The lowest BCUT2D eigenvalue weighted by Gasteiger charge is -2.42. The smallest absolute Gasteiger partial charge is 0.318 e. The third-order valence-electron chi connectivity index (χ3n) is 28.7. The minimum atomic E-state index is -0.658. The highest BCUT2D eigenvalue weighted by Gasteiger charge is 2.40. The highest BCUT2D eigenvalue weighted by Crippen LogP contribution is 2.43. The average Bonchev–Trinajstić information content (AvgIpc) is 0.868. The maximum absolute atomic E-state index is 13.2. The number of hydrogen-bond donors (Lipinski definition) is 1. The van der Waals surface area contributed by atoms with Crippen molar-refractivity contribution in [2.24, 2.45) is 17.6 Å². The molecule has 9 aliphatic rings. The Morgan fingerprint density at radius 3 is 1.16 bits per heavy atom. The Hall–Kier alpha value is -13.1. The van der Waals surface area contributed by atoms with Crippen molar-refractivity contribution in [1.82, 2.24) is 59.3 Å². The Bertz CT molecular complexity index is 6110. The Kier molecular flexibility index (Phi) is 31.2. The number of aryl methyl sites for hydroxylation is 3. The maximum atomic E-state index is 13.2. The molecule has 136 heavy (non-hydrogen) atoms. The van der Waals surface area contributed by atoms with Crippen LogP contribution in [0.1, 0.15) is 115 Å². The van der Waals surface area contributed by atoms with Crippen molar-refractivity contribution < 1.29 is 38.2 Å². The number of primary amides is 1. The maximum Gasteiger partial charge on any atom is 0.318 e. The van der Waals surface area contributed by atoms with Crippen molar-refractivity contribution in [1.29, 1.82) is 15.8 Å². The standard InChI is InChI=1S/C36H44N8O3.C35H41N7O3.C34H40ClN7O2/c1-25-8-5-9-26-10-6-12-31(34(25)26)42-19-16-29-30(23-42)38-36(47-24-28-11-7-18-41(28)4)39-35(29)43-20-21-44(27(22-43)15-17-37)33(46)14-13-32(45)40(2)3;1-23-6-3-7-24-8-4-10-30(33(23)24)41-18-15-28-29(21-41)38-35(45-22-26-9-5-17-40(26)2)39-34(28)42-19-14-27(25(20-42)13-16-36)31(43)11-12-32(37)44;1-24-7-3-8-25-9-4-11-30(32(24)25)40-18-14-28-29(22-40)37-34(44-23-27-10-6-17-39(27)2)38-33(28)41-19-20-42(26(21-41)13-16-36)31(43)12-5-15-35/h5-6,8-10,12-14,27-28H,7,11,15-16,18-24H2,1-4H3;3-4,6-8,10-12,25-27H,5,9,13-15,17-22H2,1-2H3,(H2,37,44);3-5,7-9,11-12,26-27H,6,10,13-15,17-23H2,1-2H3/b14-13+;12-11+;12-5+/t27-,28-;25-,26-,27?;26-,27-/m000/s1. The van der Waals surface area contributed by atoms with E-state index in [4.69, 9.17) is 61.4 Å². The Morgan fingerprint density at radius 1 is 0.434 bits per heavy atom. The molecule has 0 aliphatic carbocycles. The molecule has 9 aliphatic heterocycles. The SMILES string of the molecule is Cc1cccc2cccc(N3CCc4c(nc(OC[C@@H]5CCCN5C)nc4N4CCC(C(=O)/C=C/C(N)=O)[C@@H](CC#N)C4)C3)c12.Cc1cccc2cccc(N3CCc4c(nc(OC[C@@H]5CCCN5C)nc4N4CCN(C(=O)/C=C/C(=O)N(C)C)[C@@H](CC#N)C4)C3)c12.Cc1cccc2cccc(N3CCc4c(nc(OC[C@@H]5CCCN5C)nc4N4CCN(C(=O)/C=C/CCl)[C@@H](CC#N)C4)C3)c12. The Balaban J connectivity index is 0.000000148. The summed E-state index contributed by atoms with van der Waals surface area (Å²) < 4.78 is 19.0. The molecule has 31 heteroatoms. The van der Waals surface area contributed by atoms with Gasteiger partial charge in [0.2, 0.25) is 23.6 Å². The van der Waals surface area contributed by atoms with Gasteiger partial charge in [-0.1, -0.05) is 97.1 Å². The lowest BCUT2D eigenvalue weighted by atomic mass is 9.80. The van der Waals surface area contributed by atoms with E-state index in [0.717, 1.165) is 148 Å². The molecule has 9 aromatic rings. The van der Waals surface area contributed by atoms with Crippen molar-refractivity contribution in [2.75, 3.05) is 182 Å². The van der Waals surface area contributed by atoms with E-state index in [1.54, 1.807) is 30.0 Å². The highest BCUT2D eigenvalue weighted by molar-refractivity contribution is 6.19. The van der Waals surface area contributed by atoms with Crippen molar-refractivity contribution in [3.8, 4) is 36.2 Å². The second-order valence-electron chi connectivity index (χ2n) is 37.6. The first-order chi connectivity index (χ1) is 66.0. The summed E-state index contributed by atoms with van der Waals surface area (Å²) in [5.41, 5.74) is 18.8. The molecule has 6 aromatic carbocycles. The van der Waals surface area contributed by atoms with Gasteiger partial charge in [-0.25, -0.2) is 0 Å². The van der Waals surface area contributed by atoms with Crippen molar-refractivity contribution in [3.63, 3.8) is 0 Å². The number of halogens is 1. The number of benzene rings is 6. The van der Waals surface area contributed by atoms with E-state index < -0.39 is 5.91 Å². The number of nitrogens with zero attached hydrogens (tertiary/aromatic N) is 21. The number of hydrogen-bond acceptors (Lipinski definition) is 26. The van der Waals surface area contributed by atoms with E-state index in [0.29, 0.717) is 134 Å². The van der Waals surface area contributed by atoms with Crippen LogP contribution in [0.2, 0.25) is 0 Å². The number of amides is 4. The first kappa shape index (κ1) is 96.1. The normalized spacial score (nSPS) is 20.9. The summed E-state index contributed by atoms with van der Waals surface area (Å²) in [6.07, 6.45) is 18.4. The quantitative estimate of drug-likeness (QED) is 0.0410. The van der Waals surface area contributed by atoms with Gasteiger partial charge in [-0.2, -0.15) is 45.7 Å². The van der Waals surface area contributed by atoms with Gasteiger partial charge in [0.05, 0.1) is 79.8 Å². The van der Waals surface area contributed by atoms with Gasteiger partial charge in [0.15, 0.2) is 5.78 Å². The van der Waals surface area contributed by atoms with Crippen molar-refractivity contribution in [3.05, 3.63) is 196 Å². The van der Waals surface area contributed by atoms with E-state index in [1.165, 1.54) is 102 Å². The molecule has 6 fully saturated rings. The predicted molar refractivity (Wildman–Crippen MR) is 531 cm³/mol. The number of likely N-dealkylation sites (tertiary alicyclic amines) is 3. The van der Waals surface area contributed by atoms with Gasteiger partial charge in [0.25, 0.3) is 0 Å². The van der Waals surface area contributed by atoms with Crippen LogP contribution < -0.4 is 49.3 Å². The molecule has 1 unspecified atom stereocenters. The number of likely N-dealkylation sites (N-methyl/N-ethyl adjacent to an activating group) is 4. The van der Waals surface area contributed by atoms with Gasteiger partial charge in [0.1, 0.15) is 37.3 Å². The highest BCUT2D eigenvalue weighted by atomic mass is 35.5. The number of ether oxygens (including phenoxy) is 3. The second kappa shape index (κ2) is 44.2. The van der Waals surface area contributed by atoms with Crippen LogP contribution in [0, 0.1) is 66.6 Å². The number of aromatic nitrogens is 6. The zero-order valence-corrected chi connectivity index (χ0v) is 80.3. The third-order valence-corrected chi connectivity index (χ3v) is 28.9. The topological polar surface area (TPSA) is 327 Å². The number of nitrogens with two attached hydrogens (primary N) is 1. The summed E-state index contributed by atoms with van der Waals surface area (Å²) in [5.74, 6) is 0.793. The lowest BCUT2D eigenvalue weighted by Crippen LogP contribution is -2.55. The summed E-state index contributed by atoms with van der Waals surface area (Å²) in [5, 5.41) is 36.4. The van der Waals surface area contributed by atoms with Gasteiger partial charge < -0.3 is 78.7 Å². The van der Waals surface area contributed by atoms with Crippen LogP contribution in [0.5, 0.6) is 18.0 Å². The molecule has 6 saturated heterocycles. The van der Waals surface area contributed by atoms with Crippen molar-refractivity contribution >= 4 is 108 Å². The van der Waals surface area contributed by atoms with E-state index in [-0.39, 0.29) is 72.6 Å². The number of rotatable bonds is 25. The molecule has 12 heterocycles. The molecule has 0 spiro atoms. The second-order valence-corrected chi connectivity index (χ2v) is 37.9. The number of ketones is 1. The Labute approximate surface area is 802 Å².